The van der Waals surface area contributed by atoms with Crippen LogP contribution >= 0.6 is 11.3 Å². The van der Waals surface area contributed by atoms with Crippen LogP contribution in [0.1, 0.15) is 18.7 Å². The SMILES string of the molecule is CC(C)N(CC(=O)N1CCNCC1)Cc1cccs1. The molecule has 0 aliphatic carbocycles. The summed E-state index contributed by atoms with van der Waals surface area (Å²) in [5, 5.41) is 5.37. The molecule has 0 aromatic carbocycles. The number of amides is 1. The molecule has 1 aromatic heterocycles. The minimum Gasteiger partial charge on any atom is -0.339 e. The van der Waals surface area contributed by atoms with Crippen molar-refractivity contribution in [2.75, 3.05) is 32.7 Å². The maximum atomic E-state index is 12.3. The van der Waals surface area contributed by atoms with Crippen molar-refractivity contribution in [2.45, 2.75) is 26.4 Å². The first-order valence-corrected chi connectivity index (χ1v) is 7.79. The van der Waals surface area contributed by atoms with Gasteiger partial charge in [0.25, 0.3) is 0 Å². The highest BCUT2D eigenvalue weighted by molar-refractivity contribution is 7.09. The van der Waals surface area contributed by atoms with Crippen molar-refractivity contribution in [3.8, 4) is 0 Å². The third-order valence-electron chi connectivity index (χ3n) is 3.48. The average Bonchev–Trinajstić information content (AvgIpc) is 2.91. The Morgan fingerprint density at radius 1 is 1.47 bits per heavy atom. The van der Waals surface area contributed by atoms with E-state index in [0.717, 1.165) is 32.7 Å². The maximum absolute atomic E-state index is 12.3. The molecule has 106 valence electrons. The van der Waals surface area contributed by atoms with Gasteiger partial charge in [0.15, 0.2) is 0 Å². The maximum Gasteiger partial charge on any atom is 0.236 e. The largest absolute Gasteiger partial charge is 0.339 e. The number of hydrogen-bond acceptors (Lipinski definition) is 4. The van der Waals surface area contributed by atoms with E-state index in [9.17, 15) is 4.79 Å². The number of piperazine rings is 1. The molecule has 1 aliphatic rings. The quantitative estimate of drug-likeness (QED) is 0.886. The molecule has 19 heavy (non-hydrogen) atoms. The number of rotatable bonds is 5. The first-order valence-electron chi connectivity index (χ1n) is 6.91. The number of carbonyl (C=O) groups excluding carboxylic acids is 1. The van der Waals surface area contributed by atoms with Crippen LogP contribution in [0.25, 0.3) is 0 Å². The van der Waals surface area contributed by atoms with Crippen LogP contribution in [-0.2, 0) is 11.3 Å². The molecule has 0 saturated carbocycles. The predicted octanol–water partition coefficient (Wildman–Crippen LogP) is 1.39. The highest BCUT2D eigenvalue weighted by Crippen LogP contribution is 2.14. The van der Waals surface area contributed by atoms with Crippen molar-refractivity contribution in [3.05, 3.63) is 22.4 Å². The first kappa shape index (κ1) is 14.5. The van der Waals surface area contributed by atoms with Crippen LogP contribution in [0.15, 0.2) is 17.5 Å². The summed E-state index contributed by atoms with van der Waals surface area (Å²) in [4.78, 5) is 17.8. The van der Waals surface area contributed by atoms with Crippen LogP contribution in [0.5, 0.6) is 0 Å². The molecular weight excluding hydrogens is 258 g/mol. The molecule has 1 N–H and O–H groups in total. The summed E-state index contributed by atoms with van der Waals surface area (Å²) in [6.45, 7) is 9.20. The van der Waals surface area contributed by atoms with Crippen molar-refractivity contribution in [2.24, 2.45) is 0 Å². The molecule has 1 amide bonds. The van der Waals surface area contributed by atoms with Crippen LogP contribution in [0.2, 0.25) is 0 Å². The van der Waals surface area contributed by atoms with E-state index < -0.39 is 0 Å². The normalized spacial score (nSPS) is 16.3. The summed E-state index contributed by atoms with van der Waals surface area (Å²) < 4.78 is 0. The van der Waals surface area contributed by atoms with E-state index in [0.29, 0.717) is 12.6 Å². The van der Waals surface area contributed by atoms with Crippen LogP contribution in [0.4, 0.5) is 0 Å². The minimum absolute atomic E-state index is 0.256. The van der Waals surface area contributed by atoms with Gasteiger partial charge in [0, 0.05) is 43.6 Å². The number of hydrogen-bond donors (Lipinski definition) is 1. The zero-order valence-corrected chi connectivity index (χ0v) is 12.6. The molecule has 0 bridgehead atoms. The average molecular weight is 281 g/mol. The Hall–Kier alpha value is -0.910. The second-order valence-electron chi connectivity index (χ2n) is 5.21. The highest BCUT2D eigenvalue weighted by Gasteiger charge is 2.20. The second-order valence-corrected chi connectivity index (χ2v) is 6.24. The van der Waals surface area contributed by atoms with Crippen molar-refractivity contribution in [1.82, 2.24) is 15.1 Å². The standard InChI is InChI=1S/C14H23N3OS/c1-12(2)17(10-13-4-3-9-19-13)11-14(18)16-7-5-15-6-8-16/h3-4,9,12,15H,5-8,10-11H2,1-2H3. The fourth-order valence-corrected chi connectivity index (χ4v) is 2.94. The third kappa shape index (κ3) is 4.30. The van der Waals surface area contributed by atoms with Gasteiger partial charge in [0.05, 0.1) is 6.54 Å². The second kappa shape index (κ2) is 7.03. The fraction of sp³-hybridized carbons (Fsp3) is 0.643. The smallest absolute Gasteiger partial charge is 0.236 e. The highest BCUT2D eigenvalue weighted by atomic mass is 32.1. The Morgan fingerprint density at radius 2 is 2.21 bits per heavy atom. The van der Waals surface area contributed by atoms with Gasteiger partial charge in [-0.1, -0.05) is 6.07 Å². The Labute approximate surface area is 119 Å². The molecule has 0 unspecified atom stereocenters. The molecule has 0 radical (unpaired) electrons. The predicted molar refractivity (Wildman–Crippen MR) is 79.3 cm³/mol. The fourth-order valence-electron chi connectivity index (χ4n) is 2.21. The molecule has 2 rings (SSSR count). The molecule has 1 fully saturated rings. The molecule has 1 aliphatic heterocycles. The molecule has 1 aromatic rings. The Morgan fingerprint density at radius 3 is 2.79 bits per heavy atom. The lowest BCUT2D eigenvalue weighted by atomic mass is 10.2. The first-order chi connectivity index (χ1) is 9.16. The number of nitrogens with one attached hydrogen (secondary N) is 1. The van der Waals surface area contributed by atoms with Crippen molar-refractivity contribution >= 4 is 17.2 Å². The van der Waals surface area contributed by atoms with Gasteiger partial charge in [0.2, 0.25) is 5.91 Å². The zero-order valence-electron chi connectivity index (χ0n) is 11.8. The van der Waals surface area contributed by atoms with Crippen molar-refractivity contribution < 1.29 is 4.79 Å². The third-order valence-corrected chi connectivity index (χ3v) is 4.34. The molecule has 2 heterocycles. The van der Waals surface area contributed by atoms with Gasteiger partial charge >= 0.3 is 0 Å². The lowest BCUT2D eigenvalue weighted by Gasteiger charge is -2.31. The number of nitrogens with zero attached hydrogens (tertiary/aromatic N) is 2. The van der Waals surface area contributed by atoms with E-state index in [1.807, 2.05) is 4.90 Å². The van der Waals surface area contributed by atoms with Gasteiger partial charge in [-0.3, -0.25) is 9.69 Å². The zero-order chi connectivity index (χ0) is 13.7. The van der Waals surface area contributed by atoms with Gasteiger partial charge in [-0.25, -0.2) is 0 Å². The van der Waals surface area contributed by atoms with Crippen LogP contribution in [0, 0.1) is 0 Å². The van der Waals surface area contributed by atoms with Gasteiger partial charge in [-0.15, -0.1) is 11.3 Å². The van der Waals surface area contributed by atoms with E-state index in [4.69, 9.17) is 0 Å². The summed E-state index contributed by atoms with van der Waals surface area (Å²) >= 11 is 1.75. The van der Waals surface area contributed by atoms with Gasteiger partial charge in [-0.2, -0.15) is 0 Å². The number of carbonyl (C=O) groups is 1. The number of thiophene rings is 1. The van der Waals surface area contributed by atoms with E-state index in [1.54, 1.807) is 11.3 Å². The Kier molecular flexibility index (Phi) is 5.36. The monoisotopic (exact) mass is 281 g/mol. The van der Waals surface area contributed by atoms with Crippen LogP contribution < -0.4 is 5.32 Å². The van der Waals surface area contributed by atoms with E-state index in [1.165, 1.54) is 4.88 Å². The van der Waals surface area contributed by atoms with E-state index in [2.05, 4.69) is 41.6 Å². The van der Waals surface area contributed by atoms with Crippen molar-refractivity contribution in [1.29, 1.82) is 0 Å². The topological polar surface area (TPSA) is 35.6 Å². The van der Waals surface area contributed by atoms with Crippen LogP contribution in [-0.4, -0.2) is 54.5 Å². The van der Waals surface area contributed by atoms with Crippen molar-refractivity contribution in [3.63, 3.8) is 0 Å². The summed E-state index contributed by atoms with van der Waals surface area (Å²) in [7, 11) is 0. The summed E-state index contributed by atoms with van der Waals surface area (Å²) in [5.74, 6) is 0.256. The summed E-state index contributed by atoms with van der Waals surface area (Å²) in [6, 6.07) is 4.58. The minimum atomic E-state index is 0.256. The molecule has 0 atom stereocenters. The molecular formula is C14H23N3OS. The van der Waals surface area contributed by atoms with Gasteiger partial charge < -0.3 is 10.2 Å². The lowest BCUT2D eigenvalue weighted by molar-refractivity contribution is -0.133. The Balaban J connectivity index is 1.90. The summed E-state index contributed by atoms with van der Waals surface area (Å²) in [6.07, 6.45) is 0. The lowest BCUT2D eigenvalue weighted by Crippen LogP contribution is -2.50. The van der Waals surface area contributed by atoms with Gasteiger partial charge in [-0.05, 0) is 25.3 Å². The van der Waals surface area contributed by atoms with E-state index >= 15 is 0 Å². The molecule has 4 nitrogen and oxygen atoms in total. The molecule has 1 saturated heterocycles. The Bertz CT molecular complexity index is 385. The van der Waals surface area contributed by atoms with Gasteiger partial charge in [0.1, 0.15) is 0 Å². The summed E-state index contributed by atoms with van der Waals surface area (Å²) in [5.41, 5.74) is 0. The molecule has 5 heteroatoms. The molecule has 0 spiro atoms. The van der Waals surface area contributed by atoms with Crippen LogP contribution in [0.3, 0.4) is 0 Å². The van der Waals surface area contributed by atoms with E-state index in [-0.39, 0.29) is 5.91 Å².